The van der Waals surface area contributed by atoms with Crippen molar-refractivity contribution in [2.75, 3.05) is 4.72 Å². The molecule has 0 bridgehead atoms. The first-order chi connectivity index (χ1) is 9.29. The van der Waals surface area contributed by atoms with Gasteiger partial charge in [0, 0.05) is 3.57 Å². The first-order valence-corrected chi connectivity index (χ1v) is 8.10. The lowest BCUT2D eigenvalue weighted by Gasteiger charge is -2.11. The number of hydrogen-bond donors (Lipinski definition) is 1. The highest BCUT2D eigenvalue weighted by Gasteiger charge is 2.17. The lowest BCUT2D eigenvalue weighted by Crippen LogP contribution is -2.14. The summed E-state index contributed by atoms with van der Waals surface area (Å²) in [5.41, 5.74) is 1.14. The third kappa shape index (κ3) is 3.26. The van der Waals surface area contributed by atoms with Crippen molar-refractivity contribution in [3.63, 3.8) is 0 Å². The predicted octanol–water partition coefficient (Wildman–Crippen LogP) is 3.68. The summed E-state index contributed by atoms with van der Waals surface area (Å²) in [6.07, 6.45) is 0. The molecule has 0 aliphatic rings. The van der Waals surface area contributed by atoms with Crippen molar-refractivity contribution in [1.82, 2.24) is 0 Å². The Labute approximate surface area is 129 Å². The van der Waals surface area contributed by atoms with Gasteiger partial charge in [-0.25, -0.2) is 17.2 Å². The second-order valence-corrected chi connectivity index (χ2v) is 7.07. The fraction of sp³-hybridized carbons (Fsp3) is 0.0769. The van der Waals surface area contributed by atoms with Crippen LogP contribution in [0.3, 0.4) is 0 Å². The molecule has 20 heavy (non-hydrogen) atoms. The van der Waals surface area contributed by atoms with E-state index in [1.807, 2.05) is 6.07 Å². The average Bonchev–Trinajstić information content (AvgIpc) is 2.36. The predicted molar refractivity (Wildman–Crippen MR) is 81.1 cm³/mol. The Kier molecular flexibility index (Phi) is 4.28. The number of rotatable bonds is 3. The molecule has 0 saturated carbocycles. The Morgan fingerprint density at radius 3 is 2.35 bits per heavy atom. The van der Waals surface area contributed by atoms with Crippen molar-refractivity contribution in [2.24, 2.45) is 0 Å². The minimum atomic E-state index is -3.95. The second kappa shape index (κ2) is 5.65. The number of halogens is 3. The molecule has 106 valence electrons. The molecule has 0 amide bonds. The molecule has 0 unspecified atom stereocenters. The van der Waals surface area contributed by atoms with Crippen molar-refractivity contribution in [2.45, 2.75) is 11.8 Å². The number of sulfonamides is 1. The number of benzene rings is 2. The summed E-state index contributed by atoms with van der Waals surface area (Å²) in [6, 6.07) is 7.63. The first-order valence-electron chi connectivity index (χ1n) is 5.53. The van der Waals surface area contributed by atoms with Gasteiger partial charge < -0.3 is 0 Å². The van der Waals surface area contributed by atoms with E-state index in [4.69, 9.17) is 0 Å². The van der Waals surface area contributed by atoms with Gasteiger partial charge in [-0.3, -0.25) is 4.72 Å². The van der Waals surface area contributed by atoms with Gasteiger partial charge in [0.05, 0.1) is 10.6 Å². The van der Waals surface area contributed by atoms with Crippen LogP contribution in [-0.4, -0.2) is 8.42 Å². The molecule has 0 radical (unpaired) electrons. The van der Waals surface area contributed by atoms with Gasteiger partial charge in [-0.15, -0.1) is 0 Å². The van der Waals surface area contributed by atoms with Crippen molar-refractivity contribution in [3.8, 4) is 0 Å². The van der Waals surface area contributed by atoms with E-state index >= 15 is 0 Å². The molecule has 7 heteroatoms. The second-order valence-electron chi connectivity index (χ2n) is 4.14. The van der Waals surface area contributed by atoms with Crippen molar-refractivity contribution < 1.29 is 17.2 Å². The van der Waals surface area contributed by atoms with Crippen molar-refractivity contribution in [1.29, 1.82) is 0 Å². The average molecular weight is 409 g/mol. The maximum absolute atomic E-state index is 13.1. The summed E-state index contributed by atoms with van der Waals surface area (Å²) < 4.78 is 53.5. The third-order valence-electron chi connectivity index (χ3n) is 2.63. The zero-order valence-corrected chi connectivity index (χ0v) is 13.3. The molecule has 2 rings (SSSR count). The summed E-state index contributed by atoms with van der Waals surface area (Å²) in [5, 5.41) is 0. The van der Waals surface area contributed by atoms with E-state index in [1.54, 1.807) is 19.1 Å². The van der Waals surface area contributed by atoms with Gasteiger partial charge in [-0.2, -0.15) is 0 Å². The molecule has 0 aromatic heterocycles. The monoisotopic (exact) mass is 409 g/mol. The van der Waals surface area contributed by atoms with E-state index in [-0.39, 0.29) is 4.90 Å². The lowest BCUT2D eigenvalue weighted by molar-refractivity contribution is 0.504. The highest BCUT2D eigenvalue weighted by molar-refractivity contribution is 14.1. The number of nitrogens with one attached hydrogen (secondary N) is 1. The van der Waals surface area contributed by atoms with Crippen molar-refractivity contribution >= 4 is 38.3 Å². The quantitative estimate of drug-likeness (QED) is 0.787. The van der Waals surface area contributed by atoms with E-state index < -0.39 is 21.7 Å². The molecule has 0 heterocycles. The Morgan fingerprint density at radius 2 is 1.75 bits per heavy atom. The maximum Gasteiger partial charge on any atom is 0.262 e. The fourth-order valence-electron chi connectivity index (χ4n) is 1.59. The van der Waals surface area contributed by atoms with Crippen LogP contribution in [0, 0.1) is 22.1 Å². The standard InChI is InChI=1S/C13H10F2INO2S/c1-8-6-9(16)2-5-13(8)17-20(18,19)10-3-4-11(14)12(15)7-10/h2-7,17H,1H3. The summed E-state index contributed by atoms with van der Waals surface area (Å²) in [7, 11) is -3.95. The van der Waals surface area contributed by atoms with Crippen LogP contribution in [-0.2, 0) is 10.0 Å². The number of aryl methyl sites for hydroxylation is 1. The molecule has 3 nitrogen and oxygen atoms in total. The zero-order valence-electron chi connectivity index (χ0n) is 10.3. The summed E-state index contributed by atoms with van der Waals surface area (Å²) >= 11 is 2.11. The lowest BCUT2D eigenvalue weighted by atomic mass is 10.2. The Bertz CT molecular complexity index is 763. The van der Waals surface area contributed by atoms with Crippen molar-refractivity contribution in [3.05, 3.63) is 57.2 Å². The third-order valence-corrected chi connectivity index (χ3v) is 4.67. The molecule has 1 N–H and O–H groups in total. The highest BCUT2D eigenvalue weighted by atomic mass is 127. The molecule has 0 atom stereocenters. The van der Waals surface area contributed by atoms with Crippen LogP contribution in [0.1, 0.15) is 5.56 Å². The van der Waals surface area contributed by atoms with Gasteiger partial charge in [0.15, 0.2) is 11.6 Å². The molecule has 2 aromatic rings. The van der Waals surface area contributed by atoms with Gasteiger partial charge in [0.25, 0.3) is 10.0 Å². The zero-order chi connectivity index (χ0) is 14.9. The minimum Gasteiger partial charge on any atom is -0.279 e. The topological polar surface area (TPSA) is 46.2 Å². The minimum absolute atomic E-state index is 0.325. The SMILES string of the molecule is Cc1cc(I)ccc1NS(=O)(=O)c1ccc(F)c(F)c1. The van der Waals surface area contributed by atoms with Gasteiger partial charge in [-0.1, -0.05) is 0 Å². The molecular formula is C13H10F2INO2S. The van der Waals surface area contributed by atoms with Crippen LogP contribution in [0.25, 0.3) is 0 Å². The van der Waals surface area contributed by atoms with Crippen LogP contribution in [0.4, 0.5) is 14.5 Å². The van der Waals surface area contributed by atoms with Crippen LogP contribution in [0.5, 0.6) is 0 Å². The van der Waals surface area contributed by atoms with E-state index in [0.29, 0.717) is 11.8 Å². The first kappa shape index (κ1) is 15.2. The molecule has 0 aliphatic carbocycles. The molecular weight excluding hydrogens is 399 g/mol. The number of anilines is 1. The summed E-state index contributed by atoms with van der Waals surface area (Å²) in [6.45, 7) is 1.76. The smallest absolute Gasteiger partial charge is 0.262 e. The van der Waals surface area contributed by atoms with E-state index in [2.05, 4.69) is 27.3 Å². The Hall–Kier alpha value is -1.22. The Morgan fingerprint density at radius 1 is 1.05 bits per heavy atom. The highest BCUT2D eigenvalue weighted by Crippen LogP contribution is 2.22. The van der Waals surface area contributed by atoms with Gasteiger partial charge >= 0.3 is 0 Å². The molecule has 0 fully saturated rings. The van der Waals surface area contributed by atoms with Crippen LogP contribution >= 0.6 is 22.6 Å². The summed E-state index contributed by atoms with van der Waals surface area (Å²) in [5.74, 6) is -2.29. The molecule has 0 saturated heterocycles. The van der Waals surface area contributed by atoms with Crippen LogP contribution in [0.2, 0.25) is 0 Å². The molecule has 0 spiro atoms. The van der Waals surface area contributed by atoms with Crippen LogP contribution in [0.15, 0.2) is 41.3 Å². The van der Waals surface area contributed by atoms with E-state index in [0.717, 1.165) is 21.3 Å². The molecule has 2 aromatic carbocycles. The molecule has 0 aliphatic heterocycles. The van der Waals surface area contributed by atoms with Gasteiger partial charge in [0.2, 0.25) is 0 Å². The number of hydrogen-bond acceptors (Lipinski definition) is 2. The largest absolute Gasteiger partial charge is 0.279 e. The van der Waals surface area contributed by atoms with Crippen LogP contribution < -0.4 is 4.72 Å². The normalized spacial score (nSPS) is 11.4. The summed E-state index contributed by atoms with van der Waals surface area (Å²) in [4.78, 5) is -0.325. The Balaban J connectivity index is 2.38. The van der Waals surface area contributed by atoms with E-state index in [1.165, 1.54) is 0 Å². The van der Waals surface area contributed by atoms with Gasteiger partial charge in [0.1, 0.15) is 0 Å². The maximum atomic E-state index is 13.1. The fourth-order valence-corrected chi connectivity index (χ4v) is 3.38. The van der Waals surface area contributed by atoms with Gasteiger partial charge in [-0.05, 0) is 71.5 Å². The van der Waals surface area contributed by atoms with E-state index in [9.17, 15) is 17.2 Å².